The first kappa shape index (κ1) is 13.7. The van der Waals surface area contributed by atoms with Crippen LogP contribution in [0.4, 0.5) is 13.2 Å². The van der Waals surface area contributed by atoms with E-state index in [0.717, 1.165) is 12.8 Å². The second-order valence-corrected chi connectivity index (χ2v) is 4.05. The number of methoxy groups -OCH3 is 1. The molecule has 2 N–H and O–H groups in total. The van der Waals surface area contributed by atoms with Crippen LogP contribution in [0.3, 0.4) is 0 Å². The van der Waals surface area contributed by atoms with Crippen LogP contribution in [0.25, 0.3) is 0 Å². The maximum Gasteiger partial charge on any atom is 0.415 e. The molecule has 0 aliphatic heterocycles. The minimum absolute atomic E-state index is 0.00501. The lowest BCUT2D eigenvalue weighted by atomic mass is 9.95. The quantitative estimate of drug-likeness (QED) is 0.817. The van der Waals surface area contributed by atoms with Crippen LogP contribution >= 0.6 is 0 Å². The van der Waals surface area contributed by atoms with E-state index in [1.807, 2.05) is 0 Å². The van der Waals surface area contributed by atoms with E-state index in [2.05, 4.69) is 0 Å². The SMILES string of the molecule is COC1CCCC(OC(CN)C(F)(F)F)C1. The topological polar surface area (TPSA) is 44.5 Å². The zero-order chi connectivity index (χ0) is 12.2. The molecule has 96 valence electrons. The summed E-state index contributed by atoms with van der Waals surface area (Å²) in [5.41, 5.74) is 5.07. The van der Waals surface area contributed by atoms with Gasteiger partial charge in [-0.05, 0) is 25.7 Å². The molecule has 1 saturated carbocycles. The molecule has 0 aromatic rings. The number of ether oxygens (including phenoxy) is 2. The molecule has 0 bridgehead atoms. The van der Waals surface area contributed by atoms with Crippen molar-refractivity contribution < 1.29 is 22.6 Å². The Bertz CT molecular complexity index is 211. The standard InChI is InChI=1S/C10H18F3NO2/c1-15-7-3-2-4-8(5-7)16-9(6-14)10(11,12)13/h7-9H,2-6,14H2,1H3. The monoisotopic (exact) mass is 241 g/mol. The fourth-order valence-corrected chi connectivity index (χ4v) is 1.94. The van der Waals surface area contributed by atoms with Crippen LogP contribution in [-0.4, -0.2) is 38.1 Å². The van der Waals surface area contributed by atoms with Gasteiger partial charge in [0.2, 0.25) is 0 Å². The predicted molar refractivity (Wildman–Crippen MR) is 53.0 cm³/mol. The van der Waals surface area contributed by atoms with Gasteiger partial charge in [0, 0.05) is 13.7 Å². The van der Waals surface area contributed by atoms with Gasteiger partial charge in [-0.3, -0.25) is 0 Å². The third-order valence-electron chi connectivity index (χ3n) is 2.85. The summed E-state index contributed by atoms with van der Waals surface area (Å²) in [5, 5.41) is 0. The summed E-state index contributed by atoms with van der Waals surface area (Å²) < 4.78 is 47.4. The molecule has 16 heavy (non-hydrogen) atoms. The van der Waals surface area contributed by atoms with Crippen LogP contribution in [-0.2, 0) is 9.47 Å². The normalized spacial score (nSPS) is 29.1. The van der Waals surface area contributed by atoms with Crippen molar-refractivity contribution in [1.82, 2.24) is 0 Å². The molecule has 0 saturated heterocycles. The van der Waals surface area contributed by atoms with E-state index in [1.54, 1.807) is 7.11 Å². The third kappa shape index (κ3) is 3.92. The van der Waals surface area contributed by atoms with Crippen molar-refractivity contribution in [3.63, 3.8) is 0 Å². The van der Waals surface area contributed by atoms with Gasteiger partial charge in [0.25, 0.3) is 0 Å². The Kier molecular flexibility index (Phi) is 5.01. The number of hydrogen-bond donors (Lipinski definition) is 1. The highest BCUT2D eigenvalue weighted by atomic mass is 19.4. The van der Waals surface area contributed by atoms with Crippen molar-refractivity contribution in [2.45, 2.75) is 50.2 Å². The van der Waals surface area contributed by atoms with E-state index in [-0.39, 0.29) is 6.10 Å². The molecule has 1 rings (SSSR count). The largest absolute Gasteiger partial charge is 0.415 e. The Morgan fingerprint density at radius 3 is 2.44 bits per heavy atom. The average molecular weight is 241 g/mol. The fourth-order valence-electron chi connectivity index (χ4n) is 1.94. The molecular formula is C10H18F3NO2. The zero-order valence-corrected chi connectivity index (χ0v) is 9.30. The third-order valence-corrected chi connectivity index (χ3v) is 2.85. The van der Waals surface area contributed by atoms with Crippen LogP contribution < -0.4 is 5.73 Å². The van der Waals surface area contributed by atoms with Gasteiger partial charge in [-0.1, -0.05) is 0 Å². The summed E-state index contributed by atoms with van der Waals surface area (Å²) in [5.74, 6) is 0. The number of hydrogen-bond acceptors (Lipinski definition) is 3. The van der Waals surface area contributed by atoms with Gasteiger partial charge in [0.15, 0.2) is 6.10 Å². The molecule has 3 unspecified atom stereocenters. The van der Waals surface area contributed by atoms with Gasteiger partial charge >= 0.3 is 6.18 Å². The summed E-state index contributed by atoms with van der Waals surface area (Å²) in [6, 6.07) is 0. The molecule has 0 amide bonds. The first-order valence-electron chi connectivity index (χ1n) is 5.42. The van der Waals surface area contributed by atoms with E-state index in [9.17, 15) is 13.2 Å². The average Bonchev–Trinajstić information content (AvgIpc) is 2.24. The number of nitrogens with two attached hydrogens (primary N) is 1. The molecule has 3 nitrogen and oxygen atoms in total. The molecule has 1 fully saturated rings. The van der Waals surface area contributed by atoms with Crippen LogP contribution in [0, 0.1) is 0 Å². The Hall–Kier alpha value is -0.330. The highest BCUT2D eigenvalue weighted by Gasteiger charge is 2.41. The van der Waals surface area contributed by atoms with Crippen molar-refractivity contribution in [3.8, 4) is 0 Å². The van der Waals surface area contributed by atoms with Crippen molar-refractivity contribution in [2.24, 2.45) is 5.73 Å². The lowest BCUT2D eigenvalue weighted by Gasteiger charge is -2.31. The minimum Gasteiger partial charge on any atom is -0.381 e. The molecule has 3 atom stereocenters. The molecule has 0 aromatic heterocycles. The van der Waals surface area contributed by atoms with Crippen molar-refractivity contribution >= 4 is 0 Å². The van der Waals surface area contributed by atoms with Gasteiger partial charge in [-0.25, -0.2) is 0 Å². The second kappa shape index (κ2) is 5.84. The molecular weight excluding hydrogens is 223 g/mol. The highest BCUT2D eigenvalue weighted by molar-refractivity contribution is 4.77. The summed E-state index contributed by atoms with van der Waals surface area (Å²) in [7, 11) is 1.57. The van der Waals surface area contributed by atoms with Gasteiger partial charge < -0.3 is 15.2 Å². The van der Waals surface area contributed by atoms with E-state index < -0.39 is 24.9 Å². The predicted octanol–water partition coefficient (Wildman–Crippen LogP) is 1.85. The summed E-state index contributed by atoms with van der Waals surface area (Å²) in [4.78, 5) is 0. The van der Waals surface area contributed by atoms with Crippen molar-refractivity contribution in [1.29, 1.82) is 0 Å². The van der Waals surface area contributed by atoms with Crippen molar-refractivity contribution in [3.05, 3.63) is 0 Å². The molecule has 6 heteroatoms. The van der Waals surface area contributed by atoms with E-state index in [1.165, 1.54) is 0 Å². The number of rotatable bonds is 4. The van der Waals surface area contributed by atoms with E-state index >= 15 is 0 Å². The second-order valence-electron chi connectivity index (χ2n) is 4.05. The molecule has 1 aliphatic rings. The summed E-state index contributed by atoms with van der Waals surface area (Å²) >= 11 is 0. The van der Waals surface area contributed by atoms with Gasteiger partial charge in [0.1, 0.15) is 0 Å². The highest BCUT2D eigenvalue weighted by Crippen LogP contribution is 2.29. The first-order chi connectivity index (χ1) is 7.47. The van der Waals surface area contributed by atoms with E-state index in [0.29, 0.717) is 12.8 Å². The Morgan fingerprint density at radius 2 is 1.94 bits per heavy atom. The summed E-state index contributed by atoms with van der Waals surface area (Å²) in [6.07, 6.45) is -3.74. The molecule has 0 radical (unpaired) electrons. The van der Waals surface area contributed by atoms with Gasteiger partial charge in [-0.15, -0.1) is 0 Å². The maximum absolute atomic E-state index is 12.4. The van der Waals surface area contributed by atoms with Crippen LogP contribution in [0.2, 0.25) is 0 Å². The van der Waals surface area contributed by atoms with Crippen LogP contribution in [0.5, 0.6) is 0 Å². The lowest BCUT2D eigenvalue weighted by Crippen LogP contribution is -2.42. The smallest absolute Gasteiger partial charge is 0.381 e. The van der Waals surface area contributed by atoms with Crippen LogP contribution in [0.1, 0.15) is 25.7 Å². The van der Waals surface area contributed by atoms with Crippen molar-refractivity contribution in [2.75, 3.05) is 13.7 Å². The Morgan fingerprint density at radius 1 is 1.31 bits per heavy atom. The number of halogens is 3. The van der Waals surface area contributed by atoms with Gasteiger partial charge in [0.05, 0.1) is 12.2 Å². The first-order valence-corrected chi connectivity index (χ1v) is 5.42. The molecule has 0 aromatic carbocycles. The minimum atomic E-state index is -4.38. The fraction of sp³-hybridized carbons (Fsp3) is 1.00. The molecule has 0 heterocycles. The number of alkyl halides is 3. The zero-order valence-electron chi connectivity index (χ0n) is 9.30. The lowest BCUT2D eigenvalue weighted by molar-refractivity contribution is -0.234. The Labute approximate surface area is 93.1 Å². The maximum atomic E-state index is 12.4. The van der Waals surface area contributed by atoms with E-state index in [4.69, 9.17) is 15.2 Å². The molecule has 1 aliphatic carbocycles. The Balaban J connectivity index is 2.45. The summed E-state index contributed by atoms with van der Waals surface area (Å²) in [6.45, 7) is -0.530. The molecule has 0 spiro atoms. The van der Waals surface area contributed by atoms with Gasteiger partial charge in [-0.2, -0.15) is 13.2 Å². The van der Waals surface area contributed by atoms with Crippen LogP contribution in [0.15, 0.2) is 0 Å².